The maximum atomic E-state index is 13.0. The lowest BCUT2D eigenvalue weighted by atomic mass is 10.2. The number of hydrogen-bond acceptors (Lipinski definition) is 5. The number of likely N-dealkylation sites (N-methyl/N-ethyl adjacent to an activating group) is 1. The van der Waals surface area contributed by atoms with Crippen molar-refractivity contribution in [3.05, 3.63) is 53.8 Å². The summed E-state index contributed by atoms with van der Waals surface area (Å²) in [5.41, 5.74) is 0.704. The first-order chi connectivity index (χ1) is 13.3. The Balaban J connectivity index is 2.14. The number of hydrogen-bond donors (Lipinski definition) is 1. The zero-order valence-corrected chi connectivity index (χ0v) is 16.8. The highest BCUT2D eigenvalue weighted by molar-refractivity contribution is 7.89. The average Bonchev–Trinajstić information content (AvgIpc) is 2.70. The molecule has 2 rings (SSSR count). The van der Waals surface area contributed by atoms with Gasteiger partial charge in [-0.05, 0) is 29.8 Å². The molecular weight excluding hydrogens is 387 g/mol. The van der Waals surface area contributed by atoms with Gasteiger partial charge in [0.1, 0.15) is 22.2 Å². The first-order valence-corrected chi connectivity index (χ1v) is 9.99. The summed E-state index contributed by atoms with van der Waals surface area (Å²) in [6.07, 6.45) is 0. The molecule has 0 fully saturated rings. The van der Waals surface area contributed by atoms with Crippen molar-refractivity contribution in [1.29, 1.82) is 0 Å². The molecule has 0 radical (unpaired) electrons. The first-order valence-electron chi connectivity index (χ1n) is 8.55. The van der Waals surface area contributed by atoms with Crippen LogP contribution in [-0.2, 0) is 21.4 Å². The molecule has 0 aliphatic carbocycles. The van der Waals surface area contributed by atoms with Gasteiger partial charge in [0.25, 0.3) is 0 Å². The summed E-state index contributed by atoms with van der Waals surface area (Å²) in [6.45, 7) is 1.53. The monoisotopic (exact) mass is 410 g/mol. The number of sulfonamides is 1. The van der Waals surface area contributed by atoms with E-state index in [1.54, 1.807) is 25.1 Å². The summed E-state index contributed by atoms with van der Waals surface area (Å²) < 4.78 is 50.3. The largest absolute Gasteiger partial charge is 0.497 e. The number of carbonyl (C=O) groups is 1. The minimum Gasteiger partial charge on any atom is -0.497 e. The van der Waals surface area contributed by atoms with Crippen molar-refractivity contribution in [3.8, 4) is 11.5 Å². The molecule has 28 heavy (non-hydrogen) atoms. The van der Waals surface area contributed by atoms with E-state index in [9.17, 15) is 17.6 Å². The number of benzene rings is 2. The van der Waals surface area contributed by atoms with Crippen LogP contribution in [0.15, 0.2) is 47.4 Å². The standard InChI is InChI=1S/C19H23FN2O5S/c1-4-22(13-19(23)21-12-14-5-7-15(20)8-6-14)28(24,25)18-11-16(26-2)9-10-17(18)27-3/h5-11H,4,12-13H2,1-3H3,(H,21,23). The molecule has 2 aromatic carbocycles. The van der Waals surface area contributed by atoms with E-state index >= 15 is 0 Å². The van der Waals surface area contributed by atoms with E-state index < -0.39 is 15.9 Å². The Morgan fingerprint density at radius 2 is 1.79 bits per heavy atom. The summed E-state index contributed by atoms with van der Waals surface area (Å²) in [7, 11) is -1.20. The van der Waals surface area contributed by atoms with Gasteiger partial charge >= 0.3 is 0 Å². The van der Waals surface area contributed by atoms with Crippen molar-refractivity contribution in [2.45, 2.75) is 18.4 Å². The van der Waals surface area contributed by atoms with Crippen LogP contribution in [0.25, 0.3) is 0 Å². The van der Waals surface area contributed by atoms with Crippen molar-refractivity contribution in [3.63, 3.8) is 0 Å². The van der Waals surface area contributed by atoms with Gasteiger partial charge in [0.15, 0.2) is 0 Å². The number of nitrogens with zero attached hydrogens (tertiary/aromatic N) is 1. The minimum absolute atomic E-state index is 0.0810. The first kappa shape index (κ1) is 21.6. The van der Waals surface area contributed by atoms with Crippen LogP contribution in [0.1, 0.15) is 12.5 Å². The van der Waals surface area contributed by atoms with E-state index in [2.05, 4.69) is 5.32 Å². The Labute approximate surface area is 164 Å². The Morgan fingerprint density at radius 1 is 1.11 bits per heavy atom. The Bertz CT molecular complexity index is 916. The molecule has 0 heterocycles. The number of halogens is 1. The summed E-state index contributed by atoms with van der Waals surface area (Å²) >= 11 is 0. The van der Waals surface area contributed by atoms with E-state index in [4.69, 9.17) is 9.47 Å². The lowest BCUT2D eigenvalue weighted by molar-refractivity contribution is -0.121. The van der Waals surface area contributed by atoms with Crippen LogP contribution in [0, 0.1) is 5.82 Å². The molecule has 0 bridgehead atoms. The molecule has 1 amide bonds. The van der Waals surface area contributed by atoms with Gasteiger partial charge in [-0.15, -0.1) is 0 Å². The maximum absolute atomic E-state index is 13.0. The van der Waals surface area contributed by atoms with Crippen LogP contribution in [0.5, 0.6) is 11.5 Å². The Kier molecular flexibility index (Phi) is 7.36. The molecular formula is C19H23FN2O5S. The third-order valence-electron chi connectivity index (χ3n) is 4.06. The van der Waals surface area contributed by atoms with Crippen molar-refractivity contribution in [1.82, 2.24) is 9.62 Å². The molecule has 0 aliphatic rings. The minimum atomic E-state index is -3.99. The normalized spacial score (nSPS) is 11.3. The number of methoxy groups -OCH3 is 2. The molecule has 0 spiro atoms. The van der Waals surface area contributed by atoms with E-state index in [1.165, 1.54) is 38.5 Å². The van der Waals surface area contributed by atoms with Gasteiger partial charge in [-0.1, -0.05) is 19.1 Å². The van der Waals surface area contributed by atoms with Gasteiger partial charge in [-0.25, -0.2) is 12.8 Å². The molecule has 0 aromatic heterocycles. The lowest BCUT2D eigenvalue weighted by Gasteiger charge is -2.21. The summed E-state index contributed by atoms with van der Waals surface area (Å²) in [4.78, 5) is 12.2. The Morgan fingerprint density at radius 3 is 2.36 bits per heavy atom. The number of nitrogens with one attached hydrogen (secondary N) is 1. The van der Waals surface area contributed by atoms with Crippen molar-refractivity contribution in [2.75, 3.05) is 27.3 Å². The molecule has 152 valence electrons. The van der Waals surface area contributed by atoms with Gasteiger partial charge in [0.2, 0.25) is 15.9 Å². The zero-order chi connectivity index (χ0) is 20.7. The van der Waals surface area contributed by atoms with Crippen LogP contribution in [0.2, 0.25) is 0 Å². The van der Waals surface area contributed by atoms with Crippen LogP contribution >= 0.6 is 0 Å². The molecule has 0 atom stereocenters. The van der Waals surface area contributed by atoms with Gasteiger partial charge in [-0.2, -0.15) is 4.31 Å². The Hall–Kier alpha value is -2.65. The second-order valence-corrected chi connectivity index (χ2v) is 7.76. The van der Waals surface area contributed by atoms with Crippen LogP contribution < -0.4 is 14.8 Å². The fraction of sp³-hybridized carbons (Fsp3) is 0.316. The number of ether oxygens (including phenoxy) is 2. The predicted octanol–water partition coefficient (Wildman–Crippen LogP) is 2.17. The smallest absolute Gasteiger partial charge is 0.247 e. The van der Waals surface area contributed by atoms with E-state index in [0.29, 0.717) is 11.3 Å². The molecule has 9 heteroatoms. The van der Waals surface area contributed by atoms with Gasteiger partial charge < -0.3 is 14.8 Å². The zero-order valence-electron chi connectivity index (χ0n) is 15.9. The summed E-state index contributed by atoms with van der Waals surface area (Å²) in [5.74, 6) is -0.329. The second-order valence-electron chi connectivity index (χ2n) is 5.85. The second kappa shape index (κ2) is 9.52. The van der Waals surface area contributed by atoms with Crippen molar-refractivity contribution in [2.24, 2.45) is 0 Å². The molecule has 2 aromatic rings. The van der Waals surface area contributed by atoms with Crippen LogP contribution in [0.4, 0.5) is 4.39 Å². The SMILES string of the molecule is CCN(CC(=O)NCc1ccc(F)cc1)S(=O)(=O)c1cc(OC)ccc1OC. The van der Waals surface area contributed by atoms with Gasteiger partial charge in [0, 0.05) is 19.2 Å². The van der Waals surface area contributed by atoms with E-state index in [0.717, 1.165) is 4.31 Å². The maximum Gasteiger partial charge on any atom is 0.247 e. The molecule has 0 saturated carbocycles. The van der Waals surface area contributed by atoms with Crippen molar-refractivity contribution >= 4 is 15.9 Å². The van der Waals surface area contributed by atoms with E-state index in [-0.39, 0.29) is 36.1 Å². The molecule has 0 saturated heterocycles. The third kappa shape index (κ3) is 5.20. The van der Waals surface area contributed by atoms with E-state index in [1.807, 2.05) is 0 Å². The highest BCUT2D eigenvalue weighted by atomic mass is 32.2. The van der Waals surface area contributed by atoms with Gasteiger partial charge in [0.05, 0.1) is 20.8 Å². The fourth-order valence-electron chi connectivity index (χ4n) is 2.51. The number of rotatable bonds is 9. The van der Waals surface area contributed by atoms with Crippen molar-refractivity contribution < 1.29 is 27.1 Å². The van der Waals surface area contributed by atoms with Crippen LogP contribution in [-0.4, -0.2) is 45.9 Å². The van der Waals surface area contributed by atoms with Gasteiger partial charge in [-0.3, -0.25) is 4.79 Å². The topological polar surface area (TPSA) is 84.9 Å². The molecule has 0 aliphatic heterocycles. The van der Waals surface area contributed by atoms with Crippen LogP contribution in [0.3, 0.4) is 0 Å². The molecule has 0 unspecified atom stereocenters. The predicted molar refractivity (Wildman–Crippen MR) is 102 cm³/mol. The fourth-order valence-corrected chi connectivity index (χ4v) is 4.09. The quantitative estimate of drug-likeness (QED) is 0.685. The lowest BCUT2D eigenvalue weighted by Crippen LogP contribution is -2.40. The average molecular weight is 410 g/mol. The number of amides is 1. The molecule has 1 N–H and O–H groups in total. The highest BCUT2D eigenvalue weighted by Gasteiger charge is 2.29. The molecule has 7 nitrogen and oxygen atoms in total. The number of carbonyl (C=O) groups excluding carboxylic acids is 1. The summed E-state index contributed by atoms with van der Waals surface area (Å²) in [5, 5.41) is 2.63. The third-order valence-corrected chi connectivity index (χ3v) is 6.01. The summed E-state index contributed by atoms with van der Waals surface area (Å²) in [6, 6.07) is 10.1. The highest BCUT2D eigenvalue weighted by Crippen LogP contribution is 2.30.